The maximum Gasteiger partial charge on any atom is 0.0382 e. The molecule has 2 aromatic rings. The van der Waals surface area contributed by atoms with Crippen LogP contribution >= 0.6 is 0 Å². The number of anilines is 1. The van der Waals surface area contributed by atoms with Gasteiger partial charge in [-0.3, -0.25) is 0 Å². The largest absolute Gasteiger partial charge is 0.388 e. The smallest absolute Gasteiger partial charge is 0.0382 e. The third-order valence-corrected chi connectivity index (χ3v) is 4.96. The molecule has 0 saturated carbocycles. The predicted octanol–water partition coefficient (Wildman–Crippen LogP) is 7.02. The van der Waals surface area contributed by atoms with Crippen molar-refractivity contribution in [2.45, 2.75) is 46.0 Å². The fraction of sp³-hybridized carbons (Fsp3) is 0.308. The molecule has 2 aromatic carbocycles. The third kappa shape index (κ3) is 5.14. The molecule has 1 N–H and O–H groups in total. The lowest BCUT2D eigenvalue weighted by molar-refractivity contribution is 0.498. The van der Waals surface area contributed by atoms with Gasteiger partial charge in [0.25, 0.3) is 0 Å². The summed E-state index contributed by atoms with van der Waals surface area (Å²) in [6.07, 6.45) is 12.5. The molecule has 1 nitrogen and oxygen atoms in total. The van der Waals surface area contributed by atoms with Crippen molar-refractivity contribution in [1.82, 2.24) is 0 Å². The van der Waals surface area contributed by atoms with Gasteiger partial charge >= 0.3 is 0 Å². The van der Waals surface area contributed by atoms with Gasteiger partial charge in [-0.1, -0.05) is 73.2 Å². The zero-order chi connectivity index (χ0) is 19.7. The molecule has 0 spiro atoms. The predicted molar refractivity (Wildman–Crippen MR) is 121 cm³/mol. The lowest BCUT2D eigenvalue weighted by Gasteiger charge is -2.31. The van der Waals surface area contributed by atoms with Gasteiger partial charge in [-0.2, -0.15) is 0 Å². The minimum Gasteiger partial charge on any atom is -0.388 e. The molecule has 27 heavy (non-hydrogen) atoms. The lowest BCUT2D eigenvalue weighted by Crippen LogP contribution is -2.22. The Labute approximate surface area is 164 Å². The highest BCUT2D eigenvalue weighted by atomic mass is 14.8. The highest BCUT2D eigenvalue weighted by molar-refractivity contribution is 5.91. The van der Waals surface area contributed by atoms with Crippen LogP contribution in [0, 0.1) is 11.8 Å². The van der Waals surface area contributed by atoms with Gasteiger partial charge in [0.1, 0.15) is 0 Å². The molecule has 140 valence electrons. The van der Waals surface area contributed by atoms with Gasteiger partial charge in [0, 0.05) is 24.6 Å². The molecular formula is C26H31N. The maximum absolute atomic E-state index is 3.40. The highest BCUT2D eigenvalue weighted by Gasteiger charge is 2.29. The quantitative estimate of drug-likeness (QED) is 0.414. The van der Waals surface area contributed by atoms with E-state index in [2.05, 4.69) is 91.7 Å². The maximum atomic E-state index is 3.40. The van der Waals surface area contributed by atoms with Crippen LogP contribution < -0.4 is 5.32 Å². The summed E-state index contributed by atoms with van der Waals surface area (Å²) in [4.78, 5) is 0. The number of benzene rings is 2. The molecule has 0 bridgehead atoms. The first-order valence-electron chi connectivity index (χ1n) is 9.61. The summed E-state index contributed by atoms with van der Waals surface area (Å²) in [7, 11) is 2.00. The van der Waals surface area contributed by atoms with E-state index < -0.39 is 0 Å². The van der Waals surface area contributed by atoms with E-state index in [0.717, 1.165) is 12.8 Å². The van der Waals surface area contributed by atoms with E-state index in [1.54, 1.807) is 0 Å². The molecule has 0 aromatic heterocycles. The van der Waals surface area contributed by atoms with Crippen LogP contribution in [-0.2, 0) is 5.41 Å². The first-order chi connectivity index (χ1) is 13.1. The van der Waals surface area contributed by atoms with Gasteiger partial charge < -0.3 is 5.32 Å². The molecule has 2 rings (SSSR count). The van der Waals surface area contributed by atoms with Crippen LogP contribution in [0.3, 0.4) is 0 Å². The van der Waals surface area contributed by atoms with Gasteiger partial charge in [-0.05, 0) is 49.6 Å². The topological polar surface area (TPSA) is 12.0 Å². The second-order valence-corrected chi connectivity index (χ2v) is 7.17. The average Bonchev–Trinajstić information content (AvgIpc) is 2.69. The van der Waals surface area contributed by atoms with Crippen molar-refractivity contribution in [2.75, 3.05) is 12.4 Å². The van der Waals surface area contributed by atoms with Gasteiger partial charge in [0.15, 0.2) is 0 Å². The Morgan fingerprint density at radius 1 is 1.19 bits per heavy atom. The zero-order valence-corrected chi connectivity index (χ0v) is 17.3. The Hall–Kier alpha value is -2.72. The van der Waals surface area contributed by atoms with Crippen LogP contribution in [0.1, 0.15) is 46.1 Å². The third-order valence-electron chi connectivity index (χ3n) is 4.96. The average molecular weight is 358 g/mol. The SMILES string of the molecule is CC#CCC(C)(C/C=C/C(C)=C/C=C\C)c1c(NC)ccc2ccccc12. The fourth-order valence-corrected chi connectivity index (χ4v) is 3.48. The second kappa shape index (κ2) is 9.83. The molecule has 0 amide bonds. The summed E-state index contributed by atoms with van der Waals surface area (Å²) >= 11 is 0. The highest BCUT2D eigenvalue weighted by Crippen LogP contribution is 2.41. The summed E-state index contributed by atoms with van der Waals surface area (Å²) in [6.45, 7) is 8.42. The number of fused-ring (bicyclic) bond motifs is 1. The molecule has 0 aliphatic heterocycles. The Kier molecular flexibility index (Phi) is 7.50. The van der Waals surface area contributed by atoms with Crippen LogP contribution in [0.5, 0.6) is 0 Å². The van der Waals surface area contributed by atoms with Crippen LogP contribution in [0.25, 0.3) is 10.8 Å². The molecule has 0 heterocycles. The molecule has 1 atom stereocenters. The number of hydrogen-bond acceptors (Lipinski definition) is 1. The van der Waals surface area contributed by atoms with E-state index in [4.69, 9.17) is 0 Å². The van der Waals surface area contributed by atoms with Gasteiger partial charge in [-0.25, -0.2) is 0 Å². The fourth-order valence-electron chi connectivity index (χ4n) is 3.48. The Morgan fingerprint density at radius 3 is 2.67 bits per heavy atom. The summed E-state index contributed by atoms with van der Waals surface area (Å²) in [5.41, 5.74) is 3.72. The lowest BCUT2D eigenvalue weighted by atomic mass is 9.74. The van der Waals surface area contributed by atoms with E-state index in [9.17, 15) is 0 Å². The molecule has 0 aliphatic carbocycles. The number of allylic oxidation sites excluding steroid dienone is 6. The van der Waals surface area contributed by atoms with Crippen LogP contribution in [0.2, 0.25) is 0 Å². The van der Waals surface area contributed by atoms with Crippen molar-refractivity contribution in [2.24, 2.45) is 0 Å². The standard InChI is InChI=1S/C26H31N/c1-6-8-13-21(3)14-12-20-26(4,19-9-7-2)25-23-16-11-10-15-22(23)17-18-24(25)27-5/h6,8,10-18,27H,19-20H2,1-5H3/b8-6-,14-12+,21-13+. The normalized spacial score (nSPS) is 14.3. The second-order valence-electron chi connectivity index (χ2n) is 7.17. The molecule has 0 radical (unpaired) electrons. The molecule has 1 heteroatoms. The molecular weight excluding hydrogens is 326 g/mol. The van der Waals surface area contributed by atoms with Crippen LogP contribution in [0.4, 0.5) is 5.69 Å². The van der Waals surface area contributed by atoms with Crippen molar-refractivity contribution >= 4 is 16.5 Å². The van der Waals surface area contributed by atoms with Crippen molar-refractivity contribution in [3.05, 3.63) is 77.9 Å². The summed E-state index contributed by atoms with van der Waals surface area (Å²) < 4.78 is 0. The first-order valence-corrected chi connectivity index (χ1v) is 9.61. The van der Waals surface area contributed by atoms with E-state index in [1.165, 1.54) is 27.6 Å². The molecule has 0 fully saturated rings. The Bertz CT molecular complexity index is 918. The van der Waals surface area contributed by atoms with Gasteiger partial charge in [0.2, 0.25) is 0 Å². The number of nitrogens with one attached hydrogen (secondary N) is 1. The minimum absolute atomic E-state index is 0.0698. The molecule has 1 unspecified atom stereocenters. The first kappa shape index (κ1) is 20.6. The summed E-state index contributed by atoms with van der Waals surface area (Å²) in [6, 6.07) is 13.0. The number of rotatable bonds is 7. The van der Waals surface area contributed by atoms with E-state index in [-0.39, 0.29) is 5.41 Å². The monoisotopic (exact) mass is 357 g/mol. The number of hydrogen-bond donors (Lipinski definition) is 1. The Balaban J connectivity index is 2.53. The van der Waals surface area contributed by atoms with Gasteiger partial charge in [-0.15, -0.1) is 11.8 Å². The molecule has 0 saturated heterocycles. The van der Waals surface area contributed by atoms with Gasteiger partial charge in [0.05, 0.1) is 0 Å². The van der Waals surface area contributed by atoms with Crippen molar-refractivity contribution in [3.8, 4) is 11.8 Å². The van der Waals surface area contributed by atoms with Crippen molar-refractivity contribution < 1.29 is 0 Å². The molecule has 0 aliphatic rings. The minimum atomic E-state index is -0.0698. The summed E-state index contributed by atoms with van der Waals surface area (Å²) in [5, 5.41) is 5.98. The van der Waals surface area contributed by atoms with Crippen LogP contribution in [-0.4, -0.2) is 7.05 Å². The van der Waals surface area contributed by atoms with Crippen molar-refractivity contribution in [1.29, 1.82) is 0 Å². The zero-order valence-electron chi connectivity index (χ0n) is 17.3. The van der Waals surface area contributed by atoms with Crippen LogP contribution in [0.15, 0.2) is 72.4 Å². The summed E-state index contributed by atoms with van der Waals surface area (Å²) in [5.74, 6) is 6.43. The van der Waals surface area contributed by atoms with E-state index >= 15 is 0 Å². The van der Waals surface area contributed by atoms with Crippen molar-refractivity contribution in [3.63, 3.8) is 0 Å². The Morgan fingerprint density at radius 2 is 1.96 bits per heavy atom. The van der Waals surface area contributed by atoms with E-state index in [0.29, 0.717) is 0 Å². The van der Waals surface area contributed by atoms with E-state index in [1.807, 2.05) is 27.0 Å².